The van der Waals surface area contributed by atoms with E-state index in [0.717, 1.165) is 22.0 Å². The van der Waals surface area contributed by atoms with Gasteiger partial charge in [-0.25, -0.2) is 9.97 Å². The maximum atomic E-state index is 13.2. The Balaban J connectivity index is 2.05. The predicted octanol–water partition coefficient (Wildman–Crippen LogP) is 3.66. The number of nitrogen functional groups attached to an aromatic ring is 1. The molecular formula is C23H26N6O. The molecule has 1 aromatic carbocycles. The van der Waals surface area contributed by atoms with Crippen molar-refractivity contribution in [2.75, 3.05) is 11.1 Å². The summed E-state index contributed by atoms with van der Waals surface area (Å²) in [5.41, 5.74) is 8.20. The molecule has 2 heterocycles. The van der Waals surface area contributed by atoms with Crippen molar-refractivity contribution in [3.8, 4) is 11.8 Å². The van der Waals surface area contributed by atoms with E-state index in [4.69, 9.17) is 11.1 Å². The Hall–Kier alpha value is -3.66. The van der Waals surface area contributed by atoms with Crippen LogP contribution in [0.25, 0.3) is 10.8 Å². The van der Waals surface area contributed by atoms with E-state index in [1.165, 1.54) is 6.33 Å². The molecule has 0 radical (unpaired) electrons. The number of pyridine rings is 1. The molecule has 0 aliphatic carbocycles. The van der Waals surface area contributed by atoms with E-state index in [1.54, 1.807) is 4.57 Å². The molecule has 3 aromatic rings. The van der Waals surface area contributed by atoms with Gasteiger partial charge in [-0.1, -0.05) is 31.0 Å². The van der Waals surface area contributed by atoms with Gasteiger partial charge in [-0.3, -0.25) is 10.2 Å². The first-order valence-corrected chi connectivity index (χ1v) is 9.91. The highest BCUT2D eigenvalue weighted by atomic mass is 16.1. The van der Waals surface area contributed by atoms with Crippen molar-refractivity contribution in [2.24, 2.45) is 0 Å². The minimum Gasteiger partial charge on any atom is -0.383 e. The highest BCUT2D eigenvalue weighted by Gasteiger charge is 2.16. The second kappa shape index (κ2) is 8.78. The van der Waals surface area contributed by atoms with Gasteiger partial charge in [0.25, 0.3) is 5.56 Å². The zero-order chi connectivity index (χ0) is 21.8. The Morgan fingerprint density at radius 3 is 2.80 bits per heavy atom. The van der Waals surface area contributed by atoms with Gasteiger partial charge in [0.05, 0.1) is 17.5 Å². The number of hydrogen-bond acceptors (Lipinski definition) is 6. The number of hydrogen-bond donors (Lipinski definition) is 3. The molecule has 7 nitrogen and oxygen atoms in total. The van der Waals surface area contributed by atoms with Crippen molar-refractivity contribution < 1.29 is 0 Å². The van der Waals surface area contributed by atoms with Crippen molar-refractivity contribution in [1.29, 1.82) is 5.41 Å². The van der Waals surface area contributed by atoms with E-state index in [-0.39, 0.29) is 23.1 Å². The van der Waals surface area contributed by atoms with Crippen LogP contribution in [-0.2, 0) is 6.54 Å². The summed E-state index contributed by atoms with van der Waals surface area (Å²) in [7, 11) is 0. The second-order valence-corrected chi connectivity index (χ2v) is 7.31. The highest BCUT2D eigenvalue weighted by Crippen LogP contribution is 2.21. The summed E-state index contributed by atoms with van der Waals surface area (Å²) in [5, 5.41) is 13.1. The molecule has 0 aliphatic heterocycles. The molecule has 0 atom stereocenters. The van der Waals surface area contributed by atoms with Crippen molar-refractivity contribution in [3.05, 3.63) is 57.8 Å². The maximum Gasteiger partial charge on any atom is 0.259 e. The predicted molar refractivity (Wildman–Crippen MR) is 122 cm³/mol. The number of fused-ring (bicyclic) bond motifs is 1. The summed E-state index contributed by atoms with van der Waals surface area (Å²) < 4.78 is 1.79. The van der Waals surface area contributed by atoms with Gasteiger partial charge in [-0.05, 0) is 43.7 Å². The smallest absolute Gasteiger partial charge is 0.259 e. The van der Waals surface area contributed by atoms with Crippen molar-refractivity contribution in [2.45, 2.75) is 46.7 Å². The largest absolute Gasteiger partial charge is 0.383 e. The van der Waals surface area contributed by atoms with Crippen LogP contribution in [0, 0.1) is 24.2 Å². The van der Waals surface area contributed by atoms with Crippen molar-refractivity contribution in [3.63, 3.8) is 0 Å². The number of anilines is 2. The first-order chi connectivity index (χ1) is 14.3. The summed E-state index contributed by atoms with van der Waals surface area (Å²) in [6, 6.07) is 7.85. The van der Waals surface area contributed by atoms with Crippen LogP contribution in [0.15, 0.2) is 35.4 Å². The molecule has 4 N–H and O–H groups in total. The molecule has 2 aromatic heterocycles. The lowest BCUT2D eigenvalue weighted by Gasteiger charge is -2.19. The zero-order valence-electron chi connectivity index (χ0n) is 17.7. The van der Waals surface area contributed by atoms with Gasteiger partial charge in [0.2, 0.25) is 0 Å². The van der Waals surface area contributed by atoms with Gasteiger partial charge in [0, 0.05) is 18.2 Å². The average Bonchev–Trinajstić information content (AvgIpc) is 2.70. The van der Waals surface area contributed by atoms with Crippen molar-refractivity contribution in [1.82, 2.24) is 14.5 Å². The van der Waals surface area contributed by atoms with Crippen LogP contribution in [0.2, 0.25) is 0 Å². The second-order valence-electron chi connectivity index (χ2n) is 7.31. The molecule has 0 saturated heterocycles. The van der Waals surface area contributed by atoms with Crippen LogP contribution in [0.3, 0.4) is 0 Å². The van der Waals surface area contributed by atoms with E-state index in [2.05, 4.69) is 27.1 Å². The zero-order valence-corrected chi connectivity index (χ0v) is 17.7. The normalized spacial score (nSPS) is 10.7. The Morgan fingerprint density at radius 2 is 2.10 bits per heavy atom. The first kappa shape index (κ1) is 21.1. The number of nitrogens with two attached hydrogens (primary N) is 1. The molecule has 3 rings (SSSR count). The van der Waals surface area contributed by atoms with Gasteiger partial charge >= 0.3 is 0 Å². The van der Waals surface area contributed by atoms with Gasteiger partial charge in [0.1, 0.15) is 23.7 Å². The minimum absolute atomic E-state index is 0.0121. The Labute approximate surface area is 175 Å². The third-order valence-electron chi connectivity index (χ3n) is 4.84. The van der Waals surface area contributed by atoms with Crippen LogP contribution in [-0.4, -0.2) is 20.2 Å². The van der Waals surface area contributed by atoms with Crippen LogP contribution in [0.4, 0.5) is 11.6 Å². The molecule has 0 saturated carbocycles. The molecule has 0 bridgehead atoms. The van der Waals surface area contributed by atoms with Gasteiger partial charge < -0.3 is 15.6 Å². The highest BCUT2D eigenvalue weighted by molar-refractivity contribution is 6.16. The minimum atomic E-state index is -0.0126. The lowest BCUT2D eigenvalue weighted by molar-refractivity contribution is 0.558. The molecule has 0 unspecified atom stereocenters. The van der Waals surface area contributed by atoms with E-state index >= 15 is 0 Å². The lowest BCUT2D eigenvalue weighted by atomic mass is 10.1. The quantitative estimate of drug-likeness (QED) is 0.446. The number of aromatic nitrogens is 3. The molecule has 7 heteroatoms. The van der Waals surface area contributed by atoms with Gasteiger partial charge in [-0.2, -0.15) is 0 Å². The number of benzene rings is 1. The number of nitrogens with zero attached hydrogens (tertiary/aromatic N) is 3. The number of rotatable bonds is 5. The fraction of sp³-hybridized carbons (Fsp3) is 0.304. The average molecular weight is 403 g/mol. The molecule has 154 valence electrons. The fourth-order valence-corrected chi connectivity index (χ4v) is 3.50. The standard InChI is InChI=1S/C23H26N6O/c1-5-6-10-18(24)20-21(25)27-13-28-22(20)26-12-17-11-16-9-7-8-15(4)19(16)23(30)29(17)14(2)3/h7-9,11,13-14,24H,5,12H2,1-4H3,(H3,25,26,27,28). The third kappa shape index (κ3) is 4.03. The van der Waals surface area contributed by atoms with Crippen LogP contribution < -0.4 is 16.6 Å². The van der Waals surface area contributed by atoms with Crippen LogP contribution in [0.5, 0.6) is 0 Å². The number of nitrogens with one attached hydrogen (secondary N) is 2. The SMILES string of the molecule is CCC#CC(=N)c1c(N)ncnc1NCc1cc2cccc(C)c2c(=O)n1C(C)C. The first-order valence-electron chi connectivity index (χ1n) is 9.91. The van der Waals surface area contributed by atoms with Crippen molar-refractivity contribution >= 4 is 28.1 Å². The van der Waals surface area contributed by atoms with E-state index in [9.17, 15) is 4.79 Å². The molecule has 30 heavy (non-hydrogen) atoms. The Bertz CT molecular complexity index is 1230. The van der Waals surface area contributed by atoms with E-state index in [1.807, 2.05) is 52.0 Å². The van der Waals surface area contributed by atoms with E-state index in [0.29, 0.717) is 24.3 Å². The molecular weight excluding hydrogens is 376 g/mol. The Kier molecular flexibility index (Phi) is 6.17. The molecule has 0 aliphatic rings. The third-order valence-corrected chi connectivity index (χ3v) is 4.84. The summed E-state index contributed by atoms with van der Waals surface area (Å²) >= 11 is 0. The van der Waals surface area contributed by atoms with Gasteiger partial charge in [0.15, 0.2) is 0 Å². The summed E-state index contributed by atoms with van der Waals surface area (Å²) in [6.07, 6.45) is 1.98. The fourth-order valence-electron chi connectivity index (χ4n) is 3.50. The monoisotopic (exact) mass is 402 g/mol. The topological polar surface area (TPSA) is 110 Å². The Morgan fingerprint density at radius 1 is 1.33 bits per heavy atom. The summed E-state index contributed by atoms with van der Waals surface area (Å²) in [4.78, 5) is 21.5. The maximum absolute atomic E-state index is 13.2. The van der Waals surface area contributed by atoms with Gasteiger partial charge in [-0.15, -0.1) is 0 Å². The van der Waals surface area contributed by atoms with E-state index < -0.39 is 0 Å². The summed E-state index contributed by atoms with van der Waals surface area (Å²) in [6.45, 7) is 8.18. The van der Waals surface area contributed by atoms with Crippen LogP contribution >= 0.6 is 0 Å². The molecule has 0 fully saturated rings. The summed E-state index contributed by atoms with van der Waals surface area (Å²) in [5.74, 6) is 6.26. The van der Waals surface area contributed by atoms with Crippen LogP contribution in [0.1, 0.15) is 50.1 Å². The molecule has 0 amide bonds. The lowest BCUT2D eigenvalue weighted by Crippen LogP contribution is -2.27. The number of aryl methyl sites for hydroxylation is 1. The molecule has 0 spiro atoms.